The van der Waals surface area contributed by atoms with E-state index in [-0.39, 0.29) is 24.6 Å². The molecule has 2 amide bonds. The monoisotopic (exact) mass is 330 g/mol. The highest BCUT2D eigenvalue weighted by Gasteiger charge is 2.25. The molecule has 24 heavy (non-hydrogen) atoms. The van der Waals surface area contributed by atoms with Crippen LogP contribution in [-0.2, 0) is 0 Å². The number of rotatable bonds is 4. The van der Waals surface area contributed by atoms with Crippen molar-refractivity contribution in [3.8, 4) is 11.5 Å². The van der Waals surface area contributed by atoms with Crippen LogP contribution in [0.25, 0.3) is 11.5 Å². The van der Waals surface area contributed by atoms with Gasteiger partial charge in [-0.15, -0.1) is 10.2 Å². The van der Waals surface area contributed by atoms with Gasteiger partial charge >= 0.3 is 6.03 Å². The number of aliphatic hydroxyl groups is 1. The van der Waals surface area contributed by atoms with Gasteiger partial charge in [0.1, 0.15) is 0 Å². The number of hydrogen-bond donors (Lipinski definition) is 3. The van der Waals surface area contributed by atoms with Crippen molar-refractivity contribution in [3.63, 3.8) is 0 Å². The van der Waals surface area contributed by atoms with Gasteiger partial charge in [-0.1, -0.05) is 12.8 Å². The number of anilines is 1. The summed E-state index contributed by atoms with van der Waals surface area (Å²) in [6.45, 7) is 1.85. The topological polar surface area (TPSA) is 100 Å². The molecule has 1 saturated carbocycles. The van der Waals surface area contributed by atoms with Crippen molar-refractivity contribution in [2.24, 2.45) is 5.92 Å². The van der Waals surface area contributed by atoms with Crippen LogP contribution in [0.2, 0.25) is 0 Å². The highest BCUT2D eigenvalue weighted by molar-refractivity contribution is 5.89. The van der Waals surface area contributed by atoms with Crippen LogP contribution in [0.15, 0.2) is 28.7 Å². The summed E-state index contributed by atoms with van der Waals surface area (Å²) >= 11 is 0. The molecule has 0 spiro atoms. The lowest BCUT2D eigenvalue weighted by Gasteiger charge is -2.30. The lowest BCUT2D eigenvalue weighted by Crippen LogP contribution is -2.45. The predicted octanol–water partition coefficient (Wildman–Crippen LogP) is 2.72. The molecule has 3 rings (SSSR count). The van der Waals surface area contributed by atoms with Gasteiger partial charge in [-0.05, 0) is 37.1 Å². The Morgan fingerprint density at radius 2 is 2.00 bits per heavy atom. The lowest BCUT2D eigenvalue weighted by atomic mass is 9.85. The molecule has 1 aromatic carbocycles. The number of aromatic nitrogens is 2. The van der Waals surface area contributed by atoms with E-state index in [2.05, 4.69) is 20.8 Å². The Morgan fingerprint density at radius 3 is 2.67 bits per heavy atom. The molecule has 1 fully saturated rings. The maximum absolute atomic E-state index is 12.2. The highest BCUT2D eigenvalue weighted by Crippen LogP contribution is 2.24. The maximum Gasteiger partial charge on any atom is 0.319 e. The zero-order valence-corrected chi connectivity index (χ0v) is 13.7. The number of aliphatic hydroxyl groups excluding tert-OH is 1. The molecule has 7 nitrogen and oxygen atoms in total. The third kappa shape index (κ3) is 3.91. The van der Waals surface area contributed by atoms with Gasteiger partial charge in [-0.25, -0.2) is 4.79 Å². The van der Waals surface area contributed by atoms with Crippen LogP contribution in [0.1, 0.15) is 31.6 Å². The van der Waals surface area contributed by atoms with Gasteiger partial charge in [-0.3, -0.25) is 0 Å². The molecule has 1 aromatic heterocycles. The van der Waals surface area contributed by atoms with E-state index in [9.17, 15) is 9.90 Å². The summed E-state index contributed by atoms with van der Waals surface area (Å²) in [5.41, 5.74) is 1.48. The number of amides is 2. The Balaban J connectivity index is 1.58. The second-order valence-electron chi connectivity index (χ2n) is 6.14. The average Bonchev–Trinajstić information content (AvgIpc) is 3.02. The quantitative estimate of drug-likeness (QED) is 0.800. The molecule has 0 radical (unpaired) electrons. The van der Waals surface area contributed by atoms with E-state index in [4.69, 9.17) is 4.42 Å². The fourth-order valence-corrected chi connectivity index (χ4v) is 3.06. The van der Waals surface area contributed by atoms with Gasteiger partial charge in [0.15, 0.2) is 0 Å². The first kappa shape index (κ1) is 16.4. The summed E-state index contributed by atoms with van der Waals surface area (Å²) in [6.07, 6.45) is 4.06. The van der Waals surface area contributed by atoms with Gasteiger partial charge in [-0.2, -0.15) is 0 Å². The second kappa shape index (κ2) is 7.44. The Bertz CT molecular complexity index is 683. The number of urea groups is 1. The van der Waals surface area contributed by atoms with Gasteiger partial charge in [0.05, 0.1) is 0 Å². The molecule has 2 atom stereocenters. The Kier molecular flexibility index (Phi) is 5.10. The normalized spacial score (nSPS) is 20.6. The zero-order valence-electron chi connectivity index (χ0n) is 13.7. The number of aryl methyl sites for hydroxylation is 1. The molecule has 3 N–H and O–H groups in total. The van der Waals surface area contributed by atoms with Crippen molar-refractivity contribution in [2.45, 2.75) is 38.6 Å². The minimum absolute atomic E-state index is 0.0318. The summed E-state index contributed by atoms with van der Waals surface area (Å²) in [5.74, 6) is 1.11. The molecule has 0 unspecified atom stereocenters. The molecular formula is C17H22N4O3. The molecule has 7 heteroatoms. The van der Waals surface area contributed by atoms with Crippen molar-refractivity contribution in [3.05, 3.63) is 30.2 Å². The van der Waals surface area contributed by atoms with E-state index < -0.39 is 0 Å². The first-order valence-electron chi connectivity index (χ1n) is 8.24. The minimum atomic E-state index is -0.248. The summed E-state index contributed by atoms with van der Waals surface area (Å²) < 4.78 is 5.37. The van der Waals surface area contributed by atoms with Crippen molar-refractivity contribution in [1.82, 2.24) is 15.5 Å². The summed E-state index contributed by atoms with van der Waals surface area (Å²) in [4.78, 5) is 12.2. The molecule has 1 heterocycles. The molecule has 1 aliphatic rings. The first-order valence-corrected chi connectivity index (χ1v) is 8.24. The van der Waals surface area contributed by atoms with Crippen molar-refractivity contribution in [1.29, 1.82) is 0 Å². The maximum atomic E-state index is 12.2. The lowest BCUT2D eigenvalue weighted by molar-refractivity contribution is 0.156. The molecule has 0 bridgehead atoms. The predicted molar refractivity (Wildman–Crippen MR) is 89.5 cm³/mol. The van der Waals surface area contributed by atoms with E-state index in [0.29, 0.717) is 17.5 Å². The summed E-state index contributed by atoms with van der Waals surface area (Å²) in [7, 11) is 0. The van der Waals surface area contributed by atoms with E-state index in [1.807, 2.05) is 12.1 Å². The molecular weight excluding hydrogens is 308 g/mol. The number of hydrogen-bond acceptors (Lipinski definition) is 5. The van der Waals surface area contributed by atoms with Crippen molar-refractivity contribution < 1.29 is 14.3 Å². The number of nitrogens with zero attached hydrogens (tertiary/aromatic N) is 2. The Morgan fingerprint density at radius 1 is 1.25 bits per heavy atom. The van der Waals surface area contributed by atoms with E-state index in [0.717, 1.165) is 31.2 Å². The number of benzene rings is 1. The Labute approximate surface area is 140 Å². The number of carbonyl (C=O) groups excluding carboxylic acids is 1. The fourth-order valence-electron chi connectivity index (χ4n) is 3.06. The third-order valence-electron chi connectivity index (χ3n) is 4.38. The van der Waals surface area contributed by atoms with Crippen LogP contribution in [0.5, 0.6) is 0 Å². The minimum Gasteiger partial charge on any atom is -0.421 e. The van der Waals surface area contributed by atoms with Crippen LogP contribution in [-0.4, -0.2) is 34.0 Å². The van der Waals surface area contributed by atoms with Crippen molar-refractivity contribution in [2.75, 3.05) is 11.9 Å². The standard InChI is InChI=1S/C17H22N4O3/c1-11-20-21-16(24-11)12-6-8-14(9-7-12)18-17(23)19-15-5-3-2-4-13(15)10-22/h6-9,13,15,22H,2-5,10H2,1H3,(H2,18,19,23)/t13-,15+/m1/s1. The molecule has 2 aromatic rings. The number of carbonyl (C=O) groups is 1. The van der Waals surface area contributed by atoms with Crippen LogP contribution in [0.4, 0.5) is 10.5 Å². The zero-order chi connectivity index (χ0) is 16.9. The van der Waals surface area contributed by atoms with Crippen LogP contribution in [0.3, 0.4) is 0 Å². The fraction of sp³-hybridized carbons (Fsp3) is 0.471. The van der Waals surface area contributed by atoms with Gasteiger partial charge in [0, 0.05) is 36.7 Å². The largest absolute Gasteiger partial charge is 0.421 e. The third-order valence-corrected chi connectivity index (χ3v) is 4.38. The van der Waals surface area contributed by atoms with E-state index in [1.165, 1.54) is 0 Å². The molecule has 128 valence electrons. The van der Waals surface area contributed by atoms with Gasteiger partial charge in [0.25, 0.3) is 0 Å². The SMILES string of the molecule is Cc1nnc(-c2ccc(NC(=O)N[C@H]3CCCC[C@@H]3CO)cc2)o1. The molecule has 1 aliphatic carbocycles. The first-order chi connectivity index (χ1) is 11.7. The van der Waals surface area contributed by atoms with E-state index in [1.54, 1.807) is 19.1 Å². The van der Waals surface area contributed by atoms with Gasteiger partial charge < -0.3 is 20.2 Å². The van der Waals surface area contributed by atoms with Crippen LogP contribution >= 0.6 is 0 Å². The van der Waals surface area contributed by atoms with Crippen LogP contribution < -0.4 is 10.6 Å². The molecule has 0 saturated heterocycles. The Hall–Kier alpha value is -2.41. The molecule has 0 aliphatic heterocycles. The number of nitrogens with one attached hydrogen (secondary N) is 2. The summed E-state index contributed by atoms with van der Waals surface area (Å²) in [6, 6.07) is 7.00. The van der Waals surface area contributed by atoms with Crippen LogP contribution in [0, 0.1) is 12.8 Å². The highest BCUT2D eigenvalue weighted by atomic mass is 16.4. The van der Waals surface area contributed by atoms with Gasteiger partial charge in [0.2, 0.25) is 11.8 Å². The second-order valence-corrected chi connectivity index (χ2v) is 6.14. The smallest absolute Gasteiger partial charge is 0.319 e. The average molecular weight is 330 g/mol. The van der Waals surface area contributed by atoms with E-state index >= 15 is 0 Å². The summed E-state index contributed by atoms with van der Waals surface area (Å²) in [5, 5.41) is 23.0. The van der Waals surface area contributed by atoms with Crippen molar-refractivity contribution >= 4 is 11.7 Å².